The Balaban J connectivity index is 1.47. The molecule has 1 saturated carbocycles. The van der Waals surface area contributed by atoms with Gasteiger partial charge < -0.3 is 19.7 Å². The van der Waals surface area contributed by atoms with E-state index in [0.29, 0.717) is 23.8 Å². The monoisotopic (exact) mass is 374 g/mol. The van der Waals surface area contributed by atoms with E-state index >= 15 is 0 Å². The molecule has 1 aromatic carbocycles. The molecule has 1 aliphatic heterocycles. The molecule has 5 nitrogen and oxygen atoms in total. The van der Waals surface area contributed by atoms with Crippen molar-refractivity contribution in [2.75, 3.05) is 32.6 Å². The highest BCUT2D eigenvalue weighted by molar-refractivity contribution is 5.91. The molecule has 1 N–H and O–H groups in total. The van der Waals surface area contributed by atoms with Gasteiger partial charge >= 0.3 is 0 Å². The van der Waals surface area contributed by atoms with E-state index in [-0.39, 0.29) is 5.91 Å². The number of hydrogen-bond donors (Lipinski definition) is 1. The van der Waals surface area contributed by atoms with Crippen LogP contribution < -0.4 is 14.8 Å². The fourth-order valence-corrected chi connectivity index (χ4v) is 4.55. The van der Waals surface area contributed by atoms with Gasteiger partial charge in [-0.25, -0.2) is 0 Å². The summed E-state index contributed by atoms with van der Waals surface area (Å²) in [5.74, 6) is 2.08. The van der Waals surface area contributed by atoms with Gasteiger partial charge in [-0.1, -0.05) is 19.3 Å². The molecule has 0 radical (unpaired) electrons. The molecular weight excluding hydrogens is 340 g/mol. The zero-order chi connectivity index (χ0) is 19.1. The van der Waals surface area contributed by atoms with Crippen LogP contribution in [0.4, 0.5) is 5.69 Å². The third kappa shape index (κ3) is 5.86. The summed E-state index contributed by atoms with van der Waals surface area (Å²) in [6.07, 6.45) is 11.0. The van der Waals surface area contributed by atoms with Gasteiger partial charge in [0.05, 0.1) is 14.2 Å². The Morgan fingerprint density at radius 3 is 2.41 bits per heavy atom. The van der Waals surface area contributed by atoms with Crippen molar-refractivity contribution in [1.29, 1.82) is 0 Å². The number of benzene rings is 1. The minimum absolute atomic E-state index is 0.0695. The van der Waals surface area contributed by atoms with Crippen molar-refractivity contribution < 1.29 is 14.3 Å². The lowest BCUT2D eigenvalue weighted by Gasteiger charge is -2.40. The van der Waals surface area contributed by atoms with Crippen LogP contribution in [0.15, 0.2) is 18.2 Å². The van der Waals surface area contributed by atoms with Gasteiger partial charge in [-0.3, -0.25) is 4.79 Å². The van der Waals surface area contributed by atoms with Gasteiger partial charge in [-0.15, -0.1) is 0 Å². The van der Waals surface area contributed by atoms with Crippen LogP contribution in [0.5, 0.6) is 11.5 Å². The molecule has 27 heavy (non-hydrogen) atoms. The van der Waals surface area contributed by atoms with Crippen molar-refractivity contribution in [2.24, 2.45) is 5.92 Å². The van der Waals surface area contributed by atoms with E-state index in [1.165, 1.54) is 58.0 Å². The fourth-order valence-electron chi connectivity index (χ4n) is 4.55. The third-order valence-electron chi connectivity index (χ3n) is 6.06. The Morgan fingerprint density at radius 1 is 1.04 bits per heavy atom. The van der Waals surface area contributed by atoms with Crippen molar-refractivity contribution in [3.05, 3.63) is 18.2 Å². The Kier molecular flexibility index (Phi) is 7.39. The number of carbonyl (C=O) groups excluding carboxylic acids is 1. The second kappa shape index (κ2) is 9.98. The summed E-state index contributed by atoms with van der Waals surface area (Å²) in [5, 5.41) is 2.99. The number of likely N-dealkylation sites (tertiary alicyclic amines) is 1. The number of hydrogen-bond acceptors (Lipinski definition) is 4. The number of nitrogens with zero attached hydrogens (tertiary/aromatic N) is 1. The highest BCUT2D eigenvalue weighted by atomic mass is 16.5. The van der Waals surface area contributed by atoms with E-state index in [2.05, 4.69) is 10.2 Å². The number of carbonyl (C=O) groups is 1. The Morgan fingerprint density at radius 2 is 1.74 bits per heavy atom. The number of methoxy groups -OCH3 is 2. The molecule has 150 valence electrons. The zero-order valence-corrected chi connectivity index (χ0v) is 16.8. The SMILES string of the molecule is COc1cc(NC(=O)CCC2CCCN(C3CCCCC3)C2)cc(OC)c1. The normalized spacial score (nSPS) is 21.6. The molecule has 0 spiro atoms. The van der Waals surface area contributed by atoms with Crippen LogP contribution >= 0.6 is 0 Å². The molecular formula is C22H34N2O3. The van der Waals surface area contributed by atoms with Crippen LogP contribution in [-0.2, 0) is 4.79 Å². The summed E-state index contributed by atoms with van der Waals surface area (Å²) < 4.78 is 10.5. The molecule has 0 aromatic heterocycles. The topological polar surface area (TPSA) is 50.8 Å². The lowest BCUT2D eigenvalue weighted by molar-refractivity contribution is -0.116. The summed E-state index contributed by atoms with van der Waals surface area (Å²) in [4.78, 5) is 15.1. The molecule has 0 bridgehead atoms. The van der Waals surface area contributed by atoms with Crippen molar-refractivity contribution in [3.8, 4) is 11.5 Å². The number of amides is 1. The van der Waals surface area contributed by atoms with Crippen molar-refractivity contribution in [3.63, 3.8) is 0 Å². The van der Waals surface area contributed by atoms with Gasteiger partial charge in [0.1, 0.15) is 11.5 Å². The number of piperidine rings is 1. The fraction of sp³-hybridized carbons (Fsp3) is 0.682. The van der Waals surface area contributed by atoms with Gasteiger partial charge in [0.2, 0.25) is 5.91 Å². The lowest BCUT2D eigenvalue weighted by atomic mass is 9.88. The molecule has 1 heterocycles. The summed E-state index contributed by atoms with van der Waals surface area (Å²) in [6, 6.07) is 6.24. The van der Waals surface area contributed by atoms with Crippen molar-refractivity contribution >= 4 is 11.6 Å². The molecule has 1 unspecified atom stereocenters. The average molecular weight is 375 g/mol. The average Bonchev–Trinajstić information content (AvgIpc) is 2.72. The van der Waals surface area contributed by atoms with Crippen molar-refractivity contribution in [1.82, 2.24) is 4.90 Å². The molecule has 2 aliphatic rings. The van der Waals surface area contributed by atoms with E-state index in [1.807, 2.05) is 12.1 Å². The molecule has 2 fully saturated rings. The number of rotatable bonds is 7. The van der Waals surface area contributed by atoms with E-state index in [1.54, 1.807) is 20.3 Å². The molecule has 1 aliphatic carbocycles. The number of anilines is 1. The Hall–Kier alpha value is -1.75. The van der Waals surface area contributed by atoms with Gasteiger partial charge in [-0.05, 0) is 44.6 Å². The van der Waals surface area contributed by atoms with Crippen LogP contribution in [0.3, 0.4) is 0 Å². The van der Waals surface area contributed by atoms with E-state index in [4.69, 9.17) is 9.47 Å². The maximum atomic E-state index is 12.4. The highest BCUT2D eigenvalue weighted by Gasteiger charge is 2.27. The second-order valence-electron chi connectivity index (χ2n) is 7.98. The van der Waals surface area contributed by atoms with E-state index in [9.17, 15) is 4.79 Å². The first-order valence-corrected chi connectivity index (χ1v) is 10.4. The quantitative estimate of drug-likeness (QED) is 0.765. The van der Waals surface area contributed by atoms with Crippen LogP contribution in [0.1, 0.15) is 57.8 Å². The minimum atomic E-state index is 0.0695. The van der Waals surface area contributed by atoms with Gasteiger partial charge in [0.25, 0.3) is 0 Å². The molecule has 5 heteroatoms. The molecule has 1 saturated heterocycles. The van der Waals surface area contributed by atoms with Crippen LogP contribution in [-0.4, -0.2) is 44.2 Å². The first-order chi connectivity index (χ1) is 13.2. The Labute approximate surface area is 163 Å². The minimum Gasteiger partial charge on any atom is -0.497 e. The predicted molar refractivity (Wildman–Crippen MR) is 109 cm³/mol. The molecule has 3 rings (SSSR count). The predicted octanol–water partition coefficient (Wildman–Crippen LogP) is 4.47. The first kappa shape index (κ1) is 20.0. The van der Waals surface area contributed by atoms with Crippen LogP contribution in [0.2, 0.25) is 0 Å². The maximum Gasteiger partial charge on any atom is 0.224 e. The van der Waals surface area contributed by atoms with Crippen molar-refractivity contribution in [2.45, 2.75) is 63.8 Å². The summed E-state index contributed by atoms with van der Waals surface area (Å²) in [6.45, 7) is 2.42. The highest BCUT2D eigenvalue weighted by Crippen LogP contribution is 2.29. The number of ether oxygens (including phenoxy) is 2. The molecule has 1 amide bonds. The van der Waals surface area contributed by atoms with Gasteiger partial charge in [0, 0.05) is 42.9 Å². The zero-order valence-electron chi connectivity index (χ0n) is 16.8. The number of nitrogens with one attached hydrogen (secondary N) is 1. The first-order valence-electron chi connectivity index (χ1n) is 10.4. The molecule has 1 aromatic rings. The van der Waals surface area contributed by atoms with Crippen LogP contribution in [0.25, 0.3) is 0 Å². The van der Waals surface area contributed by atoms with Gasteiger partial charge in [0.15, 0.2) is 0 Å². The lowest BCUT2D eigenvalue weighted by Crippen LogP contribution is -2.43. The summed E-state index contributed by atoms with van der Waals surface area (Å²) in [7, 11) is 3.23. The summed E-state index contributed by atoms with van der Waals surface area (Å²) >= 11 is 0. The molecule has 1 atom stereocenters. The Bertz CT molecular complexity index is 591. The summed E-state index contributed by atoms with van der Waals surface area (Å²) in [5.41, 5.74) is 0.726. The van der Waals surface area contributed by atoms with E-state index < -0.39 is 0 Å². The standard InChI is InChI=1S/C22H34N2O3/c1-26-20-13-18(14-21(15-20)27-2)23-22(25)11-10-17-7-6-12-24(16-17)19-8-4-3-5-9-19/h13-15,17,19H,3-12,16H2,1-2H3,(H,23,25). The maximum absolute atomic E-state index is 12.4. The van der Waals surface area contributed by atoms with Gasteiger partial charge in [-0.2, -0.15) is 0 Å². The second-order valence-corrected chi connectivity index (χ2v) is 7.98. The van der Waals surface area contributed by atoms with Crippen LogP contribution in [0, 0.1) is 5.92 Å². The smallest absolute Gasteiger partial charge is 0.224 e. The van der Waals surface area contributed by atoms with E-state index in [0.717, 1.165) is 18.2 Å². The largest absolute Gasteiger partial charge is 0.497 e. The third-order valence-corrected chi connectivity index (χ3v) is 6.06.